The van der Waals surface area contributed by atoms with Crippen LogP contribution in [0.3, 0.4) is 0 Å². The molecule has 0 fully saturated rings. The van der Waals surface area contributed by atoms with E-state index in [9.17, 15) is 4.79 Å². The lowest BCUT2D eigenvalue weighted by atomic mass is 10.3. The summed E-state index contributed by atoms with van der Waals surface area (Å²) in [6.45, 7) is 2.72. The number of carbonyl (C=O) groups is 1. The lowest BCUT2D eigenvalue weighted by molar-refractivity contribution is -0.132. The van der Waals surface area contributed by atoms with E-state index in [1.165, 1.54) is 7.11 Å². The predicted molar refractivity (Wildman–Crippen MR) is 63.2 cm³/mol. The lowest BCUT2D eigenvalue weighted by Gasteiger charge is -2.19. The maximum Gasteiger partial charge on any atom is 0.241 e. The smallest absolute Gasteiger partial charge is 0.241 e. The summed E-state index contributed by atoms with van der Waals surface area (Å²) in [6, 6.07) is -0.594. The number of nitrogens with zero attached hydrogens (tertiary/aromatic N) is 2. The van der Waals surface area contributed by atoms with E-state index in [4.69, 9.17) is 10.5 Å². The minimum Gasteiger partial charge on any atom is -0.383 e. The van der Waals surface area contributed by atoms with Crippen molar-refractivity contribution in [2.75, 3.05) is 20.8 Å². The van der Waals surface area contributed by atoms with E-state index in [-0.39, 0.29) is 12.5 Å². The molecule has 1 unspecified atom stereocenters. The molecule has 1 aromatic rings. The molecule has 1 rings (SSSR count). The van der Waals surface area contributed by atoms with E-state index in [1.54, 1.807) is 29.5 Å². The van der Waals surface area contributed by atoms with Crippen molar-refractivity contribution in [3.05, 3.63) is 16.1 Å². The zero-order valence-electron chi connectivity index (χ0n) is 9.77. The van der Waals surface area contributed by atoms with Crippen molar-refractivity contribution >= 4 is 17.2 Å². The lowest BCUT2D eigenvalue weighted by Crippen LogP contribution is -2.43. The van der Waals surface area contributed by atoms with Gasteiger partial charge >= 0.3 is 0 Å². The minimum atomic E-state index is -0.594. The number of amides is 1. The van der Waals surface area contributed by atoms with E-state index in [2.05, 4.69) is 4.98 Å². The molecule has 2 N–H and O–H groups in total. The van der Waals surface area contributed by atoms with Crippen LogP contribution in [0.2, 0.25) is 0 Å². The quantitative estimate of drug-likeness (QED) is 0.812. The molecule has 0 aliphatic carbocycles. The maximum atomic E-state index is 11.7. The first-order valence-electron chi connectivity index (χ1n) is 4.95. The van der Waals surface area contributed by atoms with Crippen LogP contribution in [-0.2, 0) is 16.1 Å². The highest BCUT2D eigenvalue weighted by atomic mass is 32.1. The number of ether oxygens (including phenoxy) is 1. The topological polar surface area (TPSA) is 68.5 Å². The van der Waals surface area contributed by atoms with Crippen molar-refractivity contribution in [3.8, 4) is 0 Å². The van der Waals surface area contributed by atoms with E-state index >= 15 is 0 Å². The molecule has 0 bridgehead atoms. The van der Waals surface area contributed by atoms with Gasteiger partial charge in [0.15, 0.2) is 0 Å². The van der Waals surface area contributed by atoms with Gasteiger partial charge in [0.1, 0.15) is 6.04 Å². The van der Waals surface area contributed by atoms with Crippen molar-refractivity contribution in [3.63, 3.8) is 0 Å². The van der Waals surface area contributed by atoms with Crippen molar-refractivity contribution in [2.45, 2.75) is 19.5 Å². The fourth-order valence-corrected chi connectivity index (χ4v) is 2.17. The summed E-state index contributed by atoms with van der Waals surface area (Å²) in [5, 5.41) is 0.997. The Kier molecular flexibility index (Phi) is 4.85. The van der Waals surface area contributed by atoms with Crippen LogP contribution in [0, 0.1) is 6.92 Å². The van der Waals surface area contributed by atoms with Gasteiger partial charge in [0, 0.05) is 25.2 Å². The Morgan fingerprint density at radius 2 is 2.44 bits per heavy atom. The van der Waals surface area contributed by atoms with Crippen molar-refractivity contribution in [1.29, 1.82) is 0 Å². The SMILES string of the molecule is COCC(N)C(=O)N(C)Cc1cnc(C)s1. The van der Waals surface area contributed by atoms with Gasteiger partial charge in [-0.05, 0) is 6.92 Å². The number of thiazole rings is 1. The molecule has 1 atom stereocenters. The number of nitrogens with two attached hydrogens (primary N) is 1. The molecule has 0 saturated heterocycles. The average Bonchev–Trinajstić information content (AvgIpc) is 2.63. The molecule has 0 spiro atoms. The van der Waals surface area contributed by atoms with Crippen LogP contribution in [0.15, 0.2) is 6.20 Å². The number of aryl methyl sites for hydroxylation is 1. The Hall–Kier alpha value is -0.980. The van der Waals surface area contributed by atoms with Crippen molar-refractivity contribution in [2.24, 2.45) is 5.73 Å². The second-order valence-corrected chi connectivity index (χ2v) is 4.92. The van der Waals surface area contributed by atoms with E-state index in [0.29, 0.717) is 6.54 Å². The highest BCUT2D eigenvalue weighted by Gasteiger charge is 2.18. The molecule has 0 aliphatic rings. The van der Waals surface area contributed by atoms with Crippen LogP contribution in [-0.4, -0.2) is 42.6 Å². The Balaban J connectivity index is 2.51. The van der Waals surface area contributed by atoms with E-state index < -0.39 is 6.04 Å². The zero-order valence-corrected chi connectivity index (χ0v) is 10.6. The molecule has 1 heterocycles. The Bertz CT molecular complexity index is 354. The number of aromatic nitrogens is 1. The first-order valence-corrected chi connectivity index (χ1v) is 5.77. The number of rotatable bonds is 5. The molecule has 0 aliphatic heterocycles. The normalized spacial score (nSPS) is 12.5. The van der Waals surface area contributed by atoms with Crippen LogP contribution in [0.1, 0.15) is 9.88 Å². The summed E-state index contributed by atoms with van der Waals surface area (Å²) < 4.78 is 4.85. The van der Waals surface area contributed by atoms with Crippen molar-refractivity contribution in [1.82, 2.24) is 9.88 Å². The fraction of sp³-hybridized carbons (Fsp3) is 0.600. The monoisotopic (exact) mass is 243 g/mol. The molecular formula is C10H17N3O2S. The van der Waals surface area contributed by atoms with E-state index in [0.717, 1.165) is 9.88 Å². The van der Waals surface area contributed by atoms with Crippen molar-refractivity contribution < 1.29 is 9.53 Å². The third kappa shape index (κ3) is 3.55. The van der Waals surface area contributed by atoms with Crippen LogP contribution in [0.5, 0.6) is 0 Å². The summed E-state index contributed by atoms with van der Waals surface area (Å²) in [5.41, 5.74) is 5.66. The maximum absolute atomic E-state index is 11.7. The van der Waals surface area contributed by atoms with Gasteiger partial charge in [-0.2, -0.15) is 0 Å². The largest absolute Gasteiger partial charge is 0.383 e. The fourth-order valence-electron chi connectivity index (χ4n) is 1.32. The first-order chi connectivity index (χ1) is 7.54. The summed E-state index contributed by atoms with van der Waals surface area (Å²) in [5.74, 6) is -0.118. The zero-order chi connectivity index (χ0) is 12.1. The second kappa shape index (κ2) is 5.93. The Labute approximate surface area is 99.2 Å². The number of hydrogen-bond donors (Lipinski definition) is 1. The average molecular weight is 243 g/mol. The number of carbonyl (C=O) groups excluding carboxylic acids is 1. The van der Waals surface area contributed by atoms with Crippen LogP contribution in [0.25, 0.3) is 0 Å². The number of methoxy groups -OCH3 is 1. The third-order valence-corrected chi connectivity index (χ3v) is 3.00. The molecule has 16 heavy (non-hydrogen) atoms. The first kappa shape index (κ1) is 13.1. The molecule has 5 nitrogen and oxygen atoms in total. The van der Waals surface area contributed by atoms with Gasteiger partial charge in [-0.15, -0.1) is 11.3 Å². The van der Waals surface area contributed by atoms with Crippen LogP contribution >= 0.6 is 11.3 Å². The van der Waals surface area contributed by atoms with Gasteiger partial charge in [0.05, 0.1) is 18.2 Å². The predicted octanol–water partition coefficient (Wildman–Crippen LogP) is 0.384. The molecule has 0 saturated carbocycles. The molecule has 0 radical (unpaired) electrons. The summed E-state index contributed by atoms with van der Waals surface area (Å²) in [6.07, 6.45) is 1.78. The van der Waals surface area contributed by atoms with Gasteiger partial charge < -0.3 is 15.4 Å². The number of hydrogen-bond acceptors (Lipinski definition) is 5. The Morgan fingerprint density at radius 1 is 1.75 bits per heavy atom. The van der Waals surface area contributed by atoms with Gasteiger partial charge in [-0.1, -0.05) is 0 Å². The highest BCUT2D eigenvalue weighted by molar-refractivity contribution is 7.11. The minimum absolute atomic E-state index is 0.118. The van der Waals surface area contributed by atoms with Crippen LogP contribution in [0.4, 0.5) is 0 Å². The van der Waals surface area contributed by atoms with Gasteiger partial charge in [-0.3, -0.25) is 4.79 Å². The standard InChI is InChI=1S/C10H17N3O2S/c1-7-12-4-8(16-7)5-13(2)10(14)9(11)6-15-3/h4,9H,5-6,11H2,1-3H3. The molecule has 90 valence electrons. The molecule has 1 amide bonds. The molecule has 0 aromatic carbocycles. The number of likely N-dealkylation sites (N-methyl/N-ethyl adjacent to an activating group) is 1. The Morgan fingerprint density at radius 3 is 2.94 bits per heavy atom. The molecule has 1 aromatic heterocycles. The van der Waals surface area contributed by atoms with Gasteiger partial charge in [0.2, 0.25) is 5.91 Å². The van der Waals surface area contributed by atoms with Crippen LogP contribution < -0.4 is 5.73 Å². The van der Waals surface area contributed by atoms with E-state index in [1.807, 2.05) is 6.92 Å². The third-order valence-electron chi connectivity index (χ3n) is 2.10. The summed E-state index contributed by atoms with van der Waals surface area (Å²) in [4.78, 5) is 18.5. The molecule has 6 heteroatoms. The molecular weight excluding hydrogens is 226 g/mol. The van der Waals surface area contributed by atoms with Gasteiger partial charge in [0.25, 0.3) is 0 Å². The van der Waals surface area contributed by atoms with Gasteiger partial charge in [-0.25, -0.2) is 4.98 Å². The summed E-state index contributed by atoms with van der Waals surface area (Å²) in [7, 11) is 3.26. The highest BCUT2D eigenvalue weighted by Crippen LogP contribution is 2.13. The second-order valence-electron chi connectivity index (χ2n) is 3.60. The summed E-state index contributed by atoms with van der Waals surface area (Å²) >= 11 is 1.58.